The molecule has 1 saturated carbocycles. The van der Waals surface area contributed by atoms with Crippen LogP contribution in [0.4, 0.5) is 0 Å². The van der Waals surface area contributed by atoms with Gasteiger partial charge in [0.05, 0.1) is 0 Å². The van der Waals surface area contributed by atoms with Crippen LogP contribution in [0.25, 0.3) is 0 Å². The highest BCUT2D eigenvalue weighted by Gasteiger charge is 2.17. The fraction of sp³-hybridized carbons (Fsp3) is 1.00. The molecule has 0 aromatic rings. The average molecular weight is 259 g/mol. The molecular weight excluding hydrogens is 224 g/mol. The van der Waals surface area contributed by atoms with E-state index in [1.165, 1.54) is 54.7 Å². The van der Waals surface area contributed by atoms with Gasteiger partial charge in [0.15, 0.2) is 0 Å². The van der Waals surface area contributed by atoms with Gasteiger partial charge in [0, 0.05) is 9.04 Å². The first-order valence-corrected chi connectivity index (χ1v) is 14.1. The Balaban J connectivity index is 0.000000325. The number of hydrogen-bond donors (Lipinski definition) is 0. The van der Waals surface area contributed by atoms with Crippen molar-refractivity contribution in [2.45, 2.75) is 78.2 Å². The fourth-order valence-corrected chi connectivity index (χ4v) is 4.63. The Morgan fingerprint density at radius 1 is 1.06 bits per heavy atom. The molecule has 0 radical (unpaired) electrons. The van der Waals surface area contributed by atoms with Gasteiger partial charge in [-0.25, -0.2) is 0 Å². The van der Waals surface area contributed by atoms with Crippen LogP contribution in [-0.4, -0.2) is 18.8 Å². The number of rotatable bonds is 4. The van der Waals surface area contributed by atoms with E-state index in [0.29, 0.717) is 9.04 Å². The zero-order valence-corrected chi connectivity index (χ0v) is 15.8. The zero-order chi connectivity index (χ0) is 12.4. The molecule has 1 aliphatic carbocycles. The highest BCUT2D eigenvalue weighted by molar-refractivity contribution is 6.90. The minimum Gasteiger partial charge on any atom is -0.0657 e. The summed E-state index contributed by atoms with van der Waals surface area (Å²) < 4.78 is 0. The number of hydrogen-bond acceptors (Lipinski definition) is 0. The standard InChI is InChI=1S/C10H20.C4H14Si2/c1-3-9(2)10-7-5-4-6-8-10;1-3-4(2)6-5/h9-10H,3-8H2,1-2H3;4H,3,6H2,1-2,5H3. The second-order valence-corrected chi connectivity index (χ2v) is 10.4. The molecule has 98 valence electrons. The maximum absolute atomic E-state index is 2.41. The molecule has 1 fully saturated rings. The van der Waals surface area contributed by atoms with E-state index in [4.69, 9.17) is 0 Å². The molecule has 0 heterocycles. The molecule has 2 unspecified atom stereocenters. The lowest BCUT2D eigenvalue weighted by atomic mass is 9.80. The third-order valence-electron chi connectivity index (χ3n) is 4.49. The van der Waals surface area contributed by atoms with Crippen LogP contribution in [0.15, 0.2) is 0 Å². The lowest BCUT2D eigenvalue weighted by Crippen LogP contribution is -2.14. The van der Waals surface area contributed by atoms with Gasteiger partial charge in [0.1, 0.15) is 0 Å². The smallest absolute Gasteiger partial charge is 0.00758 e. The average Bonchev–Trinajstić information content (AvgIpc) is 2.38. The molecule has 0 N–H and O–H groups in total. The van der Waals surface area contributed by atoms with Crippen molar-refractivity contribution < 1.29 is 0 Å². The second-order valence-electron chi connectivity index (χ2n) is 5.71. The summed E-state index contributed by atoms with van der Waals surface area (Å²) in [7, 11) is 2.00. The van der Waals surface area contributed by atoms with E-state index in [2.05, 4.69) is 27.7 Å². The molecule has 2 heteroatoms. The first-order chi connectivity index (χ1) is 7.65. The summed E-state index contributed by atoms with van der Waals surface area (Å²) in [5, 5.41) is 0. The van der Waals surface area contributed by atoms with Crippen molar-refractivity contribution in [1.82, 2.24) is 0 Å². The summed E-state index contributed by atoms with van der Waals surface area (Å²) >= 11 is 0. The van der Waals surface area contributed by atoms with E-state index in [9.17, 15) is 0 Å². The first-order valence-electron chi connectivity index (χ1n) is 7.65. The monoisotopic (exact) mass is 258 g/mol. The Bertz CT molecular complexity index is 138. The summed E-state index contributed by atoms with van der Waals surface area (Å²) in [6, 6.07) is 0. The maximum Gasteiger partial charge on any atom is 0.00758 e. The molecule has 0 saturated heterocycles. The fourth-order valence-electron chi connectivity index (χ4n) is 2.33. The van der Waals surface area contributed by atoms with Crippen molar-refractivity contribution in [2.24, 2.45) is 11.8 Å². The van der Waals surface area contributed by atoms with Crippen molar-refractivity contribution in [3.63, 3.8) is 0 Å². The second kappa shape index (κ2) is 10.6. The Kier molecular flexibility index (Phi) is 10.9. The van der Waals surface area contributed by atoms with Gasteiger partial charge in [-0.15, -0.1) is 0 Å². The summed E-state index contributed by atoms with van der Waals surface area (Å²) in [5.41, 5.74) is 1.14. The Morgan fingerprint density at radius 3 is 1.94 bits per heavy atom. The van der Waals surface area contributed by atoms with Crippen molar-refractivity contribution in [3.05, 3.63) is 0 Å². The van der Waals surface area contributed by atoms with Gasteiger partial charge in [0.2, 0.25) is 0 Å². The van der Waals surface area contributed by atoms with Gasteiger partial charge in [-0.2, -0.15) is 0 Å². The molecule has 1 rings (SSSR count). The van der Waals surface area contributed by atoms with Crippen LogP contribution in [0, 0.1) is 11.8 Å². The largest absolute Gasteiger partial charge is 0.0657 e. The molecule has 0 spiro atoms. The maximum atomic E-state index is 2.41. The summed E-state index contributed by atoms with van der Waals surface area (Å²) in [5.74, 6) is 2.05. The first kappa shape index (κ1) is 16.4. The van der Waals surface area contributed by atoms with Gasteiger partial charge in [0.25, 0.3) is 0 Å². The predicted molar refractivity (Wildman–Crippen MR) is 84.2 cm³/mol. The van der Waals surface area contributed by atoms with E-state index >= 15 is 0 Å². The summed E-state index contributed by atoms with van der Waals surface area (Å²) in [6.45, 7) is 9.39. The van der Waals surface area contributed by atoms with Gasteiger partial charge < -0.3 is 0 Å². The molecule has 0 aliphatic heterocycles. The third-order valence-corrected chi connectivity index (χ3v) is 10.6. The Morgan fingerprint density at radius 2 is 1.62 bits per heavy atom. The van der Waals surface area contributed by atoms with Crippen LogP contribution in [0.3, 0.4) is 0 Å². The minimum absolute atomic E-state index is 0.477. The summed E-state index contributed by atoms with van der Waals surface area (Å²) in [6.07, 6.45) is 10.3. The van der Waals surface area contributed by atoms with Crippen LogP contribution in [0.5, 0.6) is 0 Å². The predicted octanol–water partition coefficient (Wildman–Crippen LogP) is 3.27. The molecule has 1 aliphatic rings. The van der Waals surface area contributed by atoms with E-state index in [-0.39, 0.29) is 0 Å². The van der Waals surface area contributed by atoms with Gasteiger partial charge in [-0.3, -0.25) is 0 Å². The van der Waals surface area contributed by atoms with Gasteiger partial charge >= 0.3 is 0 Å². The van der Waals surface area contributed by atoms with Crippen LogP contribution in [0.1, 0.15) is 72.6 Å². The third kappa shape index (κ3) is 7.67. The van der Waals surface area contributed by atoms with Crippen LogP contribution >= 0.6 is 0 Å². The van der Waals surface area contributed by atoms with Crippen LogP contribution in [0.2, 0.25) is 5.54 Å². The highest BCUT2D eigenvalue weighted by atomic mass is 29.1. The molecular formula is C14H34Si2. The topological polar surface area (TPSA) is 0 Å². The van der Waals surface area contributed by atoms with Gasteiger partial charge in [-0.05, 0) is 21.6 Å². The highest BCUT2D eigenvalue weighted by Crippen LogP contribution is 2.30. The van der Waals surface area contributed by atoms with E-state index in [1.54, 1.807) is 0 Å². The van der Waals surface area contributed by atoms with Crippen molar-refractivity contribution in [1.29, 1.82) is 0 Å². The molecule has 0 nitrogen and oxygen atoms in total. The van der Waals surface area contributed by atoms with Crippen LogP contribution < -0.4 is 0 Å². The Labute approximate surface area is 109 Å². The molecule has 0 amide bonds. The van der Waals surface area contributed by atoms with Crippen LogP contribution in [-0.2, 0) is 0 Å². The molecule has 0 aromatic carbocycles. The van der Waals surface area contributed by atoms with Crippen molar-refractivity contribution in [3.8, 4) is 0 Å². The molecule has 16 heavy (non-hydrogen) atoms. The lowest BCUT2D eigenvalue weighted by molar-refractivity contribution is 0.258. The van der Waals surface area contributed by atoms with E-state index < -0.39 is 0 Å². The molecule has 2 atom stereocenters. The van der Waals surface area contributed by atoms with Gasteiger partial charge in [-0.1, -0.05) is 78.2 Å². The SMILES string of the molecule is CCC(C)C1CCCCC1.CCC(C)[SiH2][SiH3]. The lowest BCUT2D eigenvalue weighted by Gasteiger charge is -2.26. The minimum atomic E-state index is 0.477. The van der Waals surface area contributed by atoms with Crippen molar-refractivity contribution in [2.75, 3.05) is 0 Å². The normalized spacial score (nSPS) is 21.8. The molecule has 0 bridgehead atoms. The Hall–Kier alpha value is 0.434. The zero-order valence-electron chi connectivity index (χ0n) is 12.4. The van der Waals surface area contributed by atoms with E-state index in [0.717, 1.165) is 17.4 Å². The molecule has 0 aromatic heterocycles. The van der Waals surface area contributed by atoms with Crippen molar-refractivity contribution >= 4 is 18.8 Å². The quantitative estimate of drug-likeness (QED) is 0.679. The van der Waals surface area contributed by atoms with E-state index in [1.807, 2.05) is 0 Å². The summed E-state index contributed by atoms with van der Waals surface area (Å²) in [4.78, 5) is 0.